The highest BCUT2D eigenvalue weighted by Crippen LogP contribution is 2.35. The Kier molecular flexibility index (Phi) is 26.0. The van der Waals surface area contributed by atoms with E-state index in [0.29, 0.717) is 175 Å². The van der Waals surface area contributed by atoms with Gasteiger partial charge in [0.15, 0.2) is 51.8 Å². The van der Waals surface area contributed by atoms with Crippen molar-refractivity contribution in [3.05, 3.63) is 140 Å². The topological polar surface area (TPSA) is 418 Å². The molecular weight excluding hydrogens is 1500 g/mol. The molecule has 9 aromatic heterocycles. The molecule has 3 saturated heterocycles. The minimum absolute atomic E-state index is 0. The first-order valence-corrected chi connectivity index (χ1v) is 34.2. The van der Waals surface area contributed by atoms with E-state index in [1.54, 1.807) is 81.3 Å². The number of hydrogen-bond donors (Lipinski definition) is 6. The Morgan fingerprint density at radius 3 is 1.47 bits per heavy atom. The zero-order chi connectivity index (χ0) is 71.8. The number of aryl methyl sites for hydroxylation is 3. The molecule has 9 aromatic rings. The highest BCUT2D eigenvalue weighted by atomic mass is 35.5. The largest absolute Gasteiger partial charge is 0.476 e. The quantitative estimate of drug-likeness (QED) is 0.0441. The summed E-state index contributed by atoms with van der Waals surface area (Å²) in [6.07, 6.45) is 6.12. The molecule has 3 atom stereocenters. The van der Waals surface area contributed by atoms with Crippen LogP contribution in [0.4, 0.5) is 49.3 Å². The number of aromatic nitrogens is 15. The Bertz CT molecular complexity index is 4830. The van der Waals surface area contributed by atoms with Gasteiger partial charge in [-0.25, -0.2) is 59.2 Å². The Morgan fingerprint density at radius 1 is 0.500 bits per heavy atom. The molecule has 0 radical (unpaired) electrons. The third kappa shape index (κ3) is 18.5. The van der Waals surface area contributed by atoms with Crippen LogP contribution in [0.5, 0.6) is 23.5 Å². The number of rotatable bonds is 21. The third-order valence-electron chi connectivity index (χ3n) is 15.8. The van der Waals surface area contributed by atoms with Gasteiger partial charge in [0.25, 0.3) is 22.6 Å². The van der Waals surface area contributed by atoms with Crippen molar-refractivity contribution in [3.8, 4) is 23.5 Å². The zero-order valence-corrected chi connectivity index (χ0v) is 62.3. The SMILES string of the molecule is C=C1COc2ncc(N3C[C@H](CNCCOc4nc5c(cc4Cl)ncc(=O)n5C)OC3=O)nc2N1.C=C1CSc2ncc(N3C[C@H](CNCCOc4ccc5ncc(=O)n(C)c5n4)OC3=O)nc2N1.C=C1CSc2ncc(N3C[C@H](CNCCOc4cnc5ccc(=O)n(C)c5n4)OC3=O)nc2N1.S.S.S. The summed E-state index contributed by atoms with van der Waals surface area (Å²) in [6, 6.07) is 8.14. The number of nitrogens with one attached hydrogen (secondary N) is 6. The first-order valence-electron chi connectivity index (χ1n) is 31.8. The number of thioether (sulfide) groups is 2. The zero-order valence-electron chi connectivity index (χ0n) is 56.9. The second kappa shape index (κ2) is 35.2. The van der Waals surface area contributed by atoms with Crippen molar-refractivity contribution < 1.29 is 47.5 Å². The first-order chi connectivity index (χ1) is 49.8. The summed E-state index contributed by atoms with van der Waals surface area (Å²) in [6.45, 7) is 16.7. The molecule has 0 unspecified atom stereocenters. The molecule has 106 heavy (non-hydrogen) atoms. The molecule has 3 fully saturated rings. The van der Waals surface area contributed by atoms with Gasteiger partial charge in [-0.15, -0.1) is 0 Å². The van der Waals surface area contributed by atoms with Crippen LogP contribution in [0.3, 0.4) is 0 Å². The highest BCUT2D eigenvalue weighted by molar-refractivity contribution is 7.99. The van der Waals surface area contributed by atoms with Crippen LogP contribution in [-0.4, -0.2) is 207 Å². The van der Waals surface area contributed by atoms with Crippen LogP contribution >= 0.6 is 75.6 Å². The lowest BCUT2D eigenvalue weighted by Gasteiger charge is -2.20. The lowest BCUT2D eigenvalue weighted by atomic mass is 10.3. The Balaban J connectivity index is 0.000000168. The minimum atomic E-state index is -0.510. The molecule has 6 aliphatic rings. The van der Waals surface area contributed by atoms with Crippen molar-refractivity contribution in [2.45, 2.75) is 28.4 Å². The van der Waals surface area contributed by atoms with Crippen molar-refractivity contribution in [2.24, 2.45) is 21.1 Å². The average molecular weight is 1570 g/mol. The molecule has 37 nitrogen and oxygen atoms in total. The van der Waals surface area contributed by atoms with Crippen molar-refractivity contribution in [3.63, 3.8) is 0 Å². The monoisotopic (exact) mass is 1570 g/mol. The van der Waals surface area contributed by atoms with E-state index < -0.39 is 18.3 Å². The summed E-state index contributed by atoms with van der Waals surface area (Å²) in [4.78, 5) is 128. The fourth-order valence-electron chi connectivity index (χ4n) is 10.6. The molecule has 0 aliphatic carbocycles. The van der Waals surface area contributed by atoms with Crippen molar-refractivity contribution in [2.75, 3.05) is 127 Å². The van der Waals surface area contributed by atoms with E-state index in [0.717, 1.165) is 33.0 Å². The fraction of sp³-hybridized carbons (Fsp3) is 0.333. The maximum absolute atomic E-state index is 12.4. The summed E-state index contributed by atoms with van der Waals surface area (Å²) < 4.78 is 43.0. The summed E-state index contributed by atoms with van der Waals surface area (Å²) in [7, 11) is 4.87. The smallest absolute Gasteiger partial charge is 0.416 e. The Labute approximate surface area is 636 Å². The van der Waals surface area contributed by atoms with Gasteiger partial charge < -0.3 is 65.1 Å². The molecule has 0 aromatic carbocycles. The predicted molar refractivity (Wildman–Crippen MR) is 410 cm³/mol. The van der Waals surface area contributed by atoms with Crippen LogP contribution in [0.2, 0.25) is 5.02 Å². The molecule has 0 spiro atoms. The average Bonchev–Trinajstić information content (AvgIpc) is 1.80. The van der Waals surface area contributed by atoms with E-state index in [-0.39, 0.29) is 88.0 Å². The number of fused-ring (bicyclic) bond motifs is 6. The molecular formula is C63H71ClN24O13S5. The van der Waals surface area contributed by atoms with Gasteiger partial charge in [-0.1, -0.05) is 54.9 Å². The van der Waals surface area contributed by atoms with Crippen LogP contribution in [-0.2, 0) is 35.4 Å². The lowest BCUT2D eigenvalue weighted by Crippen LogP contribution is -2.33. The molecule has 43 heteroatoms. The second-order valence-corrected chi connectivity index (χ2v) is 25.6. The third-order valence-corrected chi connectivity index (χ3v) is 18.2. The van der Waals surface area contributed by atoms with Crippen LogP contribution in [0.1, 0.15) is 0 Å². The maximum atomic E-state index is 12.4. The van der Waals surface area contributed by atoms with Gasteiger partial charge in [0.1, 0.15) is 76.4 Å². The van der Waals surface area contributed by atoms with Gasteiger partial charge in [0.05, 0.1) is 56.8 Å². The van der Waals surface area contributed by atoms with E-state index in [2.05, 4.69) is 111 Å². The number of amides is 3. The highest BCUT2D eigenvalue weighted by Gasteiger charge is 2.37. The van der Waals surface area contributed by atoms with Crippen molar-refractivity contribution in [1.29, 1.82) is 0 Å². The van der Waals surface area contributed by atoms with Gasteiger partial charge in [-0.2, -0.15) is 55.4 Å². The molecule has 558 valence electrons. The first kappa shape index (κ1) is 78.3. The normalized spacial score (nSPS) is 16.8. The number of carbonyl (C=O) groups is 3. The molecule has 0 bridgehead atoms. The van der Waals surface area contributed by atoms with Gasteiger partial charge in [0, 0.05) is 101 Å². The number of nitrogens with zero attached hydrogens (tertiary/aromatic N) is 18. The number of ether oxygens (including phenoxy) is 7. The predicted octanol–water partition coefficient (Wildman–Crippen LogP) is 3.71. The van der Waals surface area contributed by atoms with Gasteiger partial charge >= 0.3 is 18.3 Å². The lowest BCUT2D eigenvalue weighted by molar-refractivity contribution is 0.138. The van der Waals surface area contributed by atoms with E-state index in [9.17, 15) is 28.8 Å². The molecule has 6 N–H and O–H groups in total. The van der Waals surface area contributed by atoms with E-state index in [1.807, 2.05) is 0 Å². The second-order valence-electron chi connectivity index (χ2n) is 23.3. The fourth-order valence-corrected chi connectivity index (χ4v) is 12.3. The number of pyridine rings is 3. The summed E-state index contributed by atoms with van der Waals surface area (Å²) >= 11 is 9.33. The van der Waals surface area contributed by atoms with E-state index in [4.69, 9.17) is 44.8 Å². The molecule has 6 aliphatic heterocycles. The number of carbonyl (C=O) groups excluding carboxylic acids is 3. The van der Waals surface area contributed by atoms with Gasteiger partial charge in [0.2, 0.25) is 17.6 Å². The van der Waals surface area contributed by atoms with Crippen LogP contribution in [0.25, 0.3) is 33.5 Å². The maximum Gasteiger partial charge on any atom is 0.416 e. The van der Waals surface area contributed by atoms with Crippen molar-refractivity contribution >= 4 is 162 Å². The van der Waals surface area contributed by atoms with Crippen LogP contribution < -0.4 is 82.2 Å². The van der Waals surface area contributed by atoms with E-state index in [1.165, 1.54) is 59.3 Å². The van der Waals surface area contributed by atoms with Gasteiger partial charge in [-0.05, 0) is 18.2 Å². The molecule has 15 rings (SSSR count). The number of anilines is 6. The Morgan fingerprint density at radius 2 is 0.934 bits per heavy atom. The summed E-state index contributed by atoms with van der Waals surface area (Å²) in [5.74, 6) is 5.57. The Hall–Kier alpha value is -10.3. The molecule has 3 amide bonds. The van der Waals surface area contributed by atoms with Crippen LogP contribution in [0, 0.1) is 0 Å². The number of hydrogen-bond acceptors (Lipinski definition) is 33. The van der Waals surface area contributed by atoms with E-state index >= 15 is 0 Å². The summed E-state index contributed by atoms with van der Waals surface area (Å²) in [5, 5.41) is 20.7. The number of cyclic esters (lactones) is 3. The van der Waals surface area contributed by atoms with Gasteiger partial charge in [-0.3, -0.25) is 42.8 Å². The van der Waals surface area contributed by atoms with Crippen LogP contribution in [0.15, 0.2) is 129 Å². The van der Waals surface area contributed by atoms with Crippen molar-refractivity contribution in [1.82, 2.24) is 89.5 Å². The molecule has 15 heterocycles. The number of halogens is 1. The minimum Gasteiger partial charge on any atom is -0.476 e. The molecule has 0 saturated carbocycles. The summed E-state index contributed by atoms with van der Waals surface area (Å²) in [5.41, 5.74) is 4.67. The standard InChI is InChI=1S/C21H21ClN8O5.2C21H22N8O4S.3H2S/c1-11-10-34-20-17(26-11)27-15(7-25-20)30-9-12(35-21(30)32)6-23-3-4-33-19-13(22)5-14-18(28-19)29(2)16(31)8-24-14;1-12-11-34-20-18(25-12)26-15(8-24-20)29-10-13(33-21(29)31)7-22-5-6-32-16-9-23-14-3-4-17(30)28(2)19(14)27-16;1-12-11-34-20-18(25-12)26-15(8-24-20)29-10-13(33-21(29)31)7-22-5-6-32-16-4-3-14-19(27-16)28(2)17(30)9-23-14;;;/h5,7-8,12,23H,1,3-4,6,9-10H2,2H3,(H,26,27);2*3-4,8-9,13,22H,1,5-7,10-11H2,2H3,(H,25,26);3*1H2/t12-;2*13-;;;/m000.../s1.